The summed E-state index contributed by atoms with van der Waals surface area (Å²) in [6.45, 7) is 21.2. The zero-order valence-corrected chi connectivity index (χ0v) is 39.8. The molecule has 0 saturated carbocycles. The van der Waals surface area contributed by atoms with E-state index in [1.807, 2.05) is 0 Å². The molecule has 0 spiro atoms. The first-order valence-corrected chi connectivity index (χ1v) is 18.8. The van der Waals surface area contributed by atoms with Gasteiger partial charge in [-0.15, -0.1) is 69.8 Å². The van der Waals surface area contributed by atoms with Crippen molar-refractivity contribution in [1.29, 1.82) is 0 Å². The third-order valence-corrected chi connectivity index (χ3v) is 8.06. The van der Waals surface area contributed by atoms with Gasteiger partial charge in [0.2, 0.25) is 0 Å². The molecule has 2 radical (unpaired) electrons. The number of aliphatic hydroxyl groups is 4. The number of aryl methyl sites for hydroxylation is 5. The summed E-state index contributed by atoms with van der Waals surface area (Å²) in [7, 11) is 0. The number of hydrogen-bond acceptors (Lipinski definition) is 6. The number of nitrogens with zero attached hydrogens (tertiary/aromatic N) is 2. The van der Waals surface area contributed by atoms with Crippen LogP contribution in [0, 0.1) is 52.7 Å². The number of aliphatic hydroxyl groups excluding tert-OH is 4. The largest absolute Gasteiger partial charge is 0.513 e. The predicted octanol–water partition coefficient (Wildman–Crippen LogP) is 11.8. The number of rotatable bonds is 6. The molecule has 0 aliphatic carbocycles. The molecule has 0 fully saturated rings. The number of benzene rings is 4. The summed E-state index contributed by atoms with van der Waals surface area (Å²) in [6.07, 6.45) is 2.74. The Morgan fingerprint density at radius 2 is 1.02 bits per heavy atom. The number of aromatic nitrogens is 2. The molecule has 4 aromatic carbocycles. The van der Waals surface area contributed by atoms with E-state index in [1.165, 1.54) is 59.0 Å². The van der Waals surface area contributed by atoms with Gasteiger partial charge in [-0.25, -0.2) is 0 Å². The number of allylic oxidation sites excluding steroid dienone is 2. The summed E-state index contributed by atoms with van der Waals surface area (Å²) in [5.74, 6) is 0.985. The Morgan fingerprint density at radius 1 is 0.561 bits per heavy atom. The van der Waals surface area contributed by atoms with Crippen LogP contribution in [0.25, 0.3) is 44.3 Å². The van der Waals surface area contributed by atoms with E-state index in [0.29, 0.717) is 5.92 Å². The van der Waals surface area contributed by atoms with Crippen LogP contribution in [0.15, 0.2) is 109 Å². The van der Waals surface area contributed by atoms with E-state index in [9.17, 15) is 0 Å². The van der Waals surface area contributed by atoms with Crippen LogP contribution in [0.4, 0.5) is 0 Å². The molecule has 0 saturated heterocycles. The fourth-order valence-electron chi connectivity index (χ4n) is 6.07. The molecule has 0 aliphatic rings. The van der Waals surface area contributed by atoms with E-state index in [2.05, 4.69) is 146 Å². The summed E-state index contributed by atoms with van der Waals surface area (Å²) in [5, 5.41) is 36.2. The average molecular weight is 1120 g/mol. The molecule has 0 bridgehead atoms. The van der Waals surface area contributed by atoms with Gasteiger partial charge in [-0.1, -0.05) is 89.6 Å². The van der Waals surface area contributed by atoms with Gasteiger partial charge in [0, 0.05) is 40.2 Å². The molecule has 8 heteroatoms. The molecule has 2 aromatic heterocycles. The molecule has 2 unspecified atom stereocenters. The van der Waals surface area contributed by atoms with Gasteiger partial charge in [-0.05, 0) is 105 Å². The molecule has 4 N–H and O–H groups in total. The second-order valence-corrected chi connectivity index (χ2v) is 14.8. The molecule has 6 rings (SSSR count). The van der Waals surface area contributed by atoms with Gasteiger partial charge >= 0.3 is 0 Å². The van der Waals surface area contributed by atoms with Crippen molar-refractivity contribution in [1.82, 2.24) is 9.97 Å². The van der Waals surface area contributed by atoms with Gasteiger partial charge in [0.05, 0.1) is 34.8 Å². The van der Waals surface area contributed by atoms with Crippen LogP contribution < -0.4 is 0 Å². The number of fused-ring (bicyclic) bond motifs is 2. The molecule has 57 heavy (non-hydrogen) atoms. The predicted molar refractivity (Wildman–Crippen MR) is 230 cm³/mol. The fourth-order valence-corrected chi connectivity index (χ4v) is 6.07. The summed E-state index contributed by atoms with van der Waals surface area (Å²) < 4.78 is 0. The second-order valence-electron chi connectivity index (χ2n) is 14.8. The molecular weight excluding hydrogens is 1060 g/mol. The number of pyridine rings is 2. The quantitative estimate of drug-likeness (QED) is 0.0978. The SMILES string of the molecule is CC(O)=CC(C)O.CC(O)=CC(C)O.Cc1[c-]c(-c2ccc3cc(C)ccc3n2)cc(C)c1.Cc1[c-]c(-c2ccc3ccc(CC(C)C)cc3n2)cc(C)c1.[Ir].[Ir]. The molecule has 2 heterocycles. The van der Waals surface area contributed by atoms with Crippen LogP contribution in [0.5, 0.6) is 0 Å². The molecule has 308 valence electrons. The van der Waals surface area contributed by atoms with E-state index in [1.54, 1.807) is 13.8 Å². The first-order valence-electron chi connectivity index (χ1n) is 18.8. The van der Waals surface area contributed by atoms with E-state index in [0.717, 1.165) is 51.1 Å². The Kier molecular flexibility index (Phi) is 22.1. The van der Waals surface area contributed by atoms with Crippen molar-refractivity contribution in [2.45, 2.75) is 94.8 Å². The molecule has 6 aromatic rings. The maximum atomic E-state index is 8.49. The van der Waals surface area contributed by atoms with Crippen molar-refractivity contribution < 1.29 is 60.6 Å². The molecule has 0 aliphatic heterocycles. The third-order valence-electron chi connectivity index (χ3n) is 8.06. The summed E-state index contributed by atoms with van der Waals surface area (Å²) in [6, 6.07) is 36.8. The van der Waals surface area contributed by atoms with Gasteiger partial charge in [-0.2, -0.15) is 0 Å². The zero-order valence-electron chi connectivity index (χ0n) is 35.0. The van der Waals surface area contributed by atoms with Gasteiger partial charge in [0.15, 0.2) is 0 Å². The molecule has 0 amide bonds. The van der Waals surface area contributed by atoms with Crippen molar-refractivity contribution in [2.24, 2.45) is 5.92 Å². The Morgan fingerprint density at radius 3 is 1.44 bits per heavy atom. The number of hydrogen-bond donors (Lipinski definition) is 4. The van der Waals surface area contributed by atoms with Crippen LogP contribution in [-0.4, -0.2) is 42.6 Å². The Labute approximate surface area is 367 Å². The van der Waals surface area contributed by atoms with E-state index >= 15 is 0 Å². The monoisotopic (exact) mass is 1120 g/mol. The Balaban J connectivity index is 0.000000421. The zero-order chi connectivity index (χ0) is 40.8. The van der Waals surface area contributed by atoms with Crippen LogP contribution in [0.1, 0.15) is 74.9 Å². The fraction of sp³-hybridized carbons (Fsp3) is 0.306. The van der Waals surface area contributed by atoms with Crippen LogP contribution in [0.2, 0.25) is 0 Å². The van der Waals surface area contributed by atoms with Crippen LogP contribution >= 0.6 is 0 Å². The van der Waals surface area contributed by atoms with Gasteiger partial charge < -0.3 is 20.4 Å². The van der Waals surface area contributed by atoms with Crippen molar-refractivity contribution in [2.75, 3.05) is 0 Å². The van der Waals surface area contributed by atoms with Gasteiger partial charge in [0.1, 0.15) is 0 Å². The summed E-state index contributed by atoms with van der Waals surface area (Å²) in [4.78, 5) is 9.60. The van der Waals surface area contributed by atoms with Gasteiger partial charge in [0.25, 0.3) is 0 Å². The summed E-state index contributed by atoms with van der Waals surface area (Å²) >= 11 is 0. The minimum atomic E-state index is -0.537. The van der Waals surface area contributed by atoms with Crippen molar-refractivity contribution in [3.8, 4) is 22.5 Å². The second kappa shape index (κ2) is 24.7. The average Bonchev–Trinajstić information content (AvgIpc) is 3.06. The van der Waals surface area contributed by atoms with E-state index in [-0.39, 0.29) is 51.7 Å². The normalized spacial score (nSPS) is 12.1. The van der Waals surface area contributed by atoms with Crippen molar-refractivity contribution in [3.05, 3.63) is 154 Å². The maximum absolute atomic E-state index is 8.49. The molecular formula is C49H58Ir2N2O4-2. The smallest absolute Gasteiger partial charge is 0.0877 e. The van der Waals surface area contributed by atoms with Gasteiger partial charge in [-0.3, -0.25) is 9.97 Å². The van der Waals surface area contributed by atoms with Crippen molar-refractivity contribution in [3.63, 3.8) is 0 Å². The Bertz CT molecular complexity index is 2170. The van der Waals surface area contributed by atoms with E-state index in [4.69, 9.17) is 30.4 Å². The van der Waals surface area contributed by atoms with Crippen LogP contribution in [-0.2, 0) is 46.6 Å². The third kappa shape index (κ3) is 18.4. The first kappa shape index (κ1) is 51.0. The Hall–Kier alpha value is -4.00. The summed E-state index contributed by atoms with van der Waals surface area (Å²) in [5.41, 5.74) is 13.7. The van der Waals surface area contributed by atoms with E-state index < -0.39 is 12.2 Å². The van der Waals surface area contributed by atoms with Crippen LogP contribution in [0.3, 0.4) is 0 Å². The maximum Gasteiger partial charge on any atom is 0.0877 e. The minimum absolute atomic E-state index is 0. The first-order chi connectivity index (χ1) is 25.9. The molecule has 2 atom stereocenters. The minimum Gasteiger partial charge on any atom is -0.513 e. The molecule has 6 nitrogen and oxygen atoms in total. The topological polar surface area (TPSA) is 107 Å². The standard InChI is InChI=1S/C21H22N.C18H16N.2C5H10O2.2Ir/c1-14(2)9-17-5-6-18-7-8-20(22-21(18)13-17)19-11-15(3)10-16(4)12-19;1-12-4-6-17-15(9-12)5-7-18(19-17)16-10-13(2)8-14(3)11-16;2*1-4(6)3-5(2)7;;/h5-8,10-11,13-14H,9H2,1-4H3;4-10H,1-3H3;2*3-4,6-7H,1-2H3;;/q2*-1;;;;. The van der Waals surface area contributed by atoms with Crippen molar-refractivity contribution >= 4 is 21.8 Å².